The summed E-state index contributed by atoms with van der Waals surface area (Å²) in [7, 11) is 0. The van der Waals surface area contributed by atoms with Gasteiger partial charge in [-0.1, -0.05) is 7.43 Å². The first-order chi connectivity index (χ1) is 5.45. The SMILES string of the molecule is C.NCCCC(N)(C(=O)O)C(F)F. The fourth-order valence-electron chi connectivity index (χ4n) is 0.704. The molecule has 4 nitrogen and oxygen atoms in total. The number of carboxylic acid groups (broad SMARTS) is 1. The van der Waals surface area contributed by atoms with E-state index in [2.05, 4.69) is 0 Å². The van der Waals surface area contributed by atoms with Crippen LogP contribution in [0.1, 0.15) is 20.3 Å². The van der Waals surface area contributed by atoms with Gasteiger partial charge in [0.05, 0.1) is 0 Å². The first kappa shape index (κ1) is 14.8. The van der Waals surface area contributed by atoms with Crippen LogP contribution in [0.25, 0.3) is 0 Å². The Kier molecular flexibility index (Phi) is 6.61. The van der Waals surface area contributed by atoms with Crippen molar-refractivity contribution in [3.05, 3.63) is 0 Å². The lowest BCUT2D eigenvalue weighted by molar-refractivity contribution is -0.150. The number of hydrogen-bond donors (Lipinski definition) is 3. The lowest BCUT2D eigenvalue weighted by Gasteiger charge is -2.22. The molecule has 0 spiro atoms. The van der Waals surface area contributed by atoms with Crippen molar-refractivity contribution in [1.82, 2.24) is 0 Å². The van der Waals surface area contributed by atoms with Crippen LogP contribution < -0.4 is 11.5 Å². The highest BCUT2D eigenvalue weighted by Crippen LogP contribution is 2.18. The lowest BCUT2D eigenvalue weighted by atomic mass is 9.95. The van der Waals surface area contributed by atoms with E-state index in [1.807, 2.05) is 0 Å². The molecule has 1 unspecified atom stereocenters. The number of nitrogens with two attached hydrogens (primary N) is 2. The summed E-state index contributed by atoms with van der Waals surface area (Å²) in [5.74, 6) is -1.69. The van der Waals surface area contributed by atoms with E-state index in [-0.39, 0.29) is 26.8 Å². The van der Waals surface area contributed by atoms with E-state index in [0.717, 1.165) is 0 Å². The van der Waals surface area contributed by atoms with Crippen LogP contribution in [0, 0.1) is 0 Å². The quantitative estimate of drug-likeness (QED) is 0.596. The van der Waals surface area contributed by atoms with E-state index >= 15 is 0 Å². The lowest BCUT2D eigenvalue weighted by Crippen LogP contribution is -2.54. The molecule has 0 bridgehead atoms. The molecule has 0 aromatic rings. The average molecular weight is 198 g/mol. The number of carbonyl (C=O) groups is 1. The Morgan fingerprint density at radius 2 is 2.00 bits per heavy atom. The largest absolute Gasteiger partial charge is 0.480 e. The van der Waals surface area contributed by atoms with Crippen molar-refractivity contribution in [2.24, 2.45) is 11.5 Å². The number of rotatable bonds is 5. The van der Waals surface area contributed by atoms with Gasteiger partial charge >= 0.3 is 5.97 Å². The maximum atomic E-state index is 12.1. The van der Waals surface area contributed by atoms with E-state index in [4.69, 9.17) is 16.6 Å². The predicted octanol–water partition coefficient (Wildman–Crippen LogP) is 0.409. The summed E-state index contributed by atoms with van der Waals surface area (Å²) in [4.78, 5) is 10.3. The zero-order valence-corrected chi connectivity index (χ0v) is 6.46. The summed E-state index contributed by atoms with van der Waals surface area (Å²) in [5, 5.41) is 8.38. The van der Waals surface area contributed by atoms with Gasteiger partial charge in [0.15, 0.2) is 5.54 Å². The third-order valence-corrected chi connectivity index (χ3v) is 1.58. The molecule has 0 saturated heterocycles. The van der Waals surface area contributed by atoms with Crippen LogP contribution in [0.5, 0.6) is 0 Å². The summed E-state index contributed by atoms with van der Waals surface area (Å²) in [6.07, 6.45) is -3.20. The Morgan fingerprint density at radius 3 is 2.23 bits per heavy atom. The minimum absolute atomic E-state index is 0. The van der Waals surface area contributed by atoms with Crippen LogP contribution in [-0.4, -0.2) is 29.6 Å². The van der Waals surface area contributed by atoms with Gasteiger partial charge < -0.3 is 16.6 Å². The fraction of sp³-hybridized carbons (Fsp3) is 0.857. The van der Waals surface area contributed by atoms with E-state index in [9.17, 15) is 13.6 Å². The molecule has 5 N–H and O–H groups in total. The van der Waals surface area contributed by atoms with Gasteiger partial charge in [0.2, 0.25) is 0 Å². The Bertz CT molecular complexity index is 167. The van der Waals surface area contributed by atoms with E-state index in [1.165, 1.54) is 0 Å². The number of hydrogen-bond acceptors (Lipinski definition) is 3. The van der Waals surface area contributed by atoms with Crippen LogP contribution in [0.3, 0.4) is 0 Å². The van der Waals surface area contributed by atoms with Crippen LogP contribution in [0.2, 0.25) is 0 Å². The van der Waals surface area contributed by atoms with Gasteiger partial charge in [-0.25, -0.2) is 13.6 Å². The molecule has 0 rings (SSSR count). The van der Waals surface area contributed by atoms with Crippen molar-refractivity contribution in [2.45, 2.75) is 32.2 Å². The van der Waals surface area contributed by atoms with Gasteiger partial charge in [0, 0.05) is 0 Å². The monoisotopic (exact) mass is 198 g/mol. The highest BCUT2D eigenvalue weighted by molar-refractivity contribution is 5.79. The molecule has 0 heterocycles. The molecule has 80 valence electrons. The normalized spacial score (nSPS) is 14.8. The van der Waals surface area contributed by atoms with Gasteiger partial charge in [-0.2, -0.15) is 0 Å². The molecule has 0 amide bonds. The second kappa shape index (κ2) is 5.82. The smallest absolute Gasteiger partial charge is 0.329 e. The maximum absolute atomic E-state index is 12.1. The third kappa shape index (κ3) is 3.65. The molecule has 0 aliphatic carbocycles. The van der Waals surface area contributed by atoms with Crippen LogP contribution >= 0.6 is 0 Å². The maximum Gasteiger partial charge on any atom is 0.329 e. The molecule has 0 fully saturated rings. The summed E-state index contributed by atoms with van der Waals surface area (Å²) in [6.45, 7) is 0.152. The Hall–Kier alpha value is -0.750. The Labute approximate surface area is 75.9 Å². The van der Waals surface area contributed by atoms with Crippen molar-refractivity contribution in [2.75, 3.05) is 6.54 Å². The van der Waals surface area contributed by atoms with Crippen LogP contribution in [0.4, 0.5) is 8.78 Å². The van der Waals surface area contributed by atoms with Crippen molar-refractivity contribution in [3.63, 3.8) is 0 Å². The summed E-state index contributed by atoms with van der Waals surface area (Å²) in [6, 6.07) is 0. The number of aliphatic carboxylic acids is 1. The molecule has 0 saturated carbocycles. The van der Waals surface area contributed by atoms with Gasteiger partial charge in [0.25, 0.3) is 6.43 Å². The van der Waals surface area contributed by atoms with Crippen molar-refractivity contribution in [1.29, 1.82) is 0 Å². The molecule has 0 aliphatic rings. The molecule has 1 atom stereocenters. The molecular formula is C7H16F2N2O2. The highest BCUT2D eigenvalue weighted by atomic mass is 19.3. The number of carboxylic acids is 1. The topological polar surface area (TPSA) is 89.3 Å². The molecular weight excluding hydrogens is 182 g/mol. The molecule has 0 aromatic heterocycles. The predicted molar refractivity (Wildman–Crippen MR) is 45.6 cm³/mol. The zero-order chi connectivity index (χ0) is 9.78. The molecule has 0 aliphatic heterocycles. The van der Waals surface area contributed by atoms with Crippen LogP contribution in [0.15, 0.2) is 0 Å². The van der Waals surface area contributed by atoms with E-state index in [0.29, 0.717) is 0 Å². The van der Waals surface area contributed by atoms with Crippen molar-refractivity contribution < 1.29 is 18.7 Å². The molecule has 13 heavy (non-hydrogen) atoms. The van der Waals surface area contributed by atoms with Crippen molar-refractivity contribution in [3.8, 4) is 0 Å². The standard InChI is InChI=1S/C6H12F2N2O2.CH4/c7-4(8)6(10,5(11)12)2-1-3-9;/h4H,1-3,9-10H2,(H,11,12);1H4. The second-order valence-corrected chi connectivity index (χ2v) is 2.54. The first-order valence-corrected chi connectivity index (χ1v) is 3.45. The highest BCUT2D eigenvalue weighted by Gasteiger charge is 2.42. The summed E-state index contributed by atoms with van der Waals surface area (Å²) in [5.41, 5.74) is 7.56. The van der Waals surface area contributed by atoms with Crippen LogP contribution in [-0.2, 0) is 4.79 Å². The van der Waals surface area contributed by atoms with Gasteiger partial charge in [0.1, 0.15) is 0 Å². The average Bonchev–Trinajstić information content (AvgIpc) is 1.99. The second-order valence-electron chi connectivity index (χ2n) is 2.54. The van der Waals surface area contributed by atoms with E-state index < -0.39 is 17.9 Å². The van der Waals surface area contributed by atoms with E-state index in [1.54, 1.807) is 0 Å². The Balaban J connectivity index is 0. The minimum Gasteiger partial charge on any atom is -0.480 e. The molecule has 0 radical (unpaired) electrons. The number of alkyl halides is 2. The Morgan fingerprint density at radius 1 is 1.54 bits per heavy atom. The summed E-state index contributed by atoms with van der Waals surface area (Å²) < 4.78 is 24.2. The van der Waals surface area contributed by atoms with Gasteiger partial charge in [-0.05, 0) is 19.4 Å². The zero-order valence-electron chi connectivity index (χ0n) is 6.46. The first-order valence-electron chi connectivity index (χ1n) is 3.45. The van der Waals surface area contributed by atoms with Gasteiger partial charge in [-0.15, -0.1) is 0 Å². The fourth-order valence-corrected chi connectivity index (χ4v) is 0.704. The third-order valence-electron chi connectivity index (χ3n) is 1.58. The minimum atomic E-state index is -3.07. The summed E-state index contributed by atoms with van der Waals surface area (Å²) >= 11 is 0. The molecule has 0 aromatic carbocycles. The van der Waals surface area contributed by atoms with Crippen molar-refractivity contribution >= 4 is 5.97 Å². The molecule has 6 heteroatoms. The number of halogens is 2. The van der Waals surface area contributed by atoms with Gasteiger partial charge in [-0.3, -0.25) is 0 Å².